The van der Waals surface area contributed by atoms with Crippen LogP contribution in [0.1, 0.15) is 29.9 Å². The topological polar surface area (TPSA) is 41.3 Å². The van der Waals surface area contributed by atoms with Crippen molar-refractivity contribution in [1.29, 1.82) is 0 Å². The van der Waals surface area contributed by atoms with Crippen LogP contribution in [0.25, 0.3) is 0 Å². The van der Waals surface area contributed by atoms with Crippen molar-refractivity contribution < 1.29 is 4.52 Å². The lowest BCUT2D eigenvalue weighted by molar-refractivity contribution is 0.375. The van der Waals surface area contributed by atoms with Gasteiger partial charge in [0.25, 0.3) is 0 Å². The van der Waals surface area contributed by atoms with Gasteiger partial charge in [-0.05, 0) is 37.5 Å². The molecule has 1 heterocycles. The van der Waals surface area contributed by atoms with Crippen molar-refractivity contribution in [1.82, 2.24) is 10.5 Å². The molecule has 1 N–H and O–H groups in total. The molecular formula is C16H21N3O. The highest BCUT2D eigenvalue weighted by Gasteiger charge is 2.20. The zero-order valence-electron chi connectivity index (χ0n) is 12.1. The zero-order chi connectivity index (χ0) is 13.9. The Bertz CT molecular complexity index is 575. The minimum absolute atomic E-state index is 0.699. The Morgan fingerprint density at radius 2 is 2.20 bits per heavy atom. The van der Waals surface area contributed by atoms with Gasteiger partial charge < -0.3 is 14.7 Å². The number of hydrogen-bond acceptors (Lipinski definition) is 4. The molecule has 0 bridgehead atoms. The summed E-state index contributed by atoms with van der Waals surface area (Å²) in [5.74, 6) is 0.904. The summed E-state index contributed by atoms with van der Waals surface area (Å²) in [6.07, 6.45) is 2.58. The first-order valence-corrected chi connectivity index (χ1v) is 7.16. The molecule has 3 rings (SSSR count). The van der Waals surface area contributed by atoms with Crippen LogP contribution < -0.4 is 10.2 Å². The Morgan fingerprint density at radius 3 is 2.95 bits per heavy atom. The lowest BCUT2D eigenvalue weighted by Gasteiger charge is -2.17. The molecule has 1 fully saturated rings. The molecule has 4 heteroatoms. The monoisotopic (exact) mass is 271 g/mol. The molecule has 0 atom stereocenters. The largest absolute Gasteiger partial charge is 0.367 e. The van der Waals surface area contributed by atoms with Gasteiger partial charge in [-0.25, -0.2) is 0 Å². The number of nitrogens with one attached hydrogen (secondary N) is 1. The molecule has 1 aliphatic rings. The van der Waals surface area contributed by atoms with Gasteiger partial charge in [-0.3, -0.25) is 0 Å². The molecule has 0 saturated heterocycles. The third kappa shape index (κ3) is 3.39. The van der Waals surface area contributed by atoms with Crippen molar-refractivity contribution in [2.24, 2.45) is 0 Å². The maximum atomic E-state index is 5.41. The fraction of sp³-hybridized carbons (Fsp3) is 0.438. The molecule has 0 aliphatic heterocycles. The predicted octanol–water partition coefficient (Wildman–Crippen LogP) is 2.87. The standard InChI is InChI=1S/C16H21N3O/c1-12-4-3-5-15(8-12)19(2)11-16-9-14(18-20-16)10-17-13-6-7-13/h3-5,8-9,13,17H,6-7,10-11H2,1-2H3. The zero-order valence-corrected chi connectivity index (χ0v) is 12.1. The van der Waals surface area contributed by atoms with Gasteiger partial charge >= 0.3 is 0 Å². The van der Waals surface area contributed by atoms with E-state index in [0.717, 1.165) is 24.5 Å². The van der Waals surface area contributed by atoms with Crippen LogP contribution in [0.2, 0.25) is 0 Å². The summed E-state index contributed by atoms with van der Waals surface area (Å²) in [6, 6.07) is 11.2. The molecule has 1 saturated carbocycles. The van der Waals surface area contributed by atoms with Gasteiger partial charge in [0.2, 0.25) is 0 Å². The van der Waals surface area contributed by atoms with Crippen LogP contribution in [0.3, 0.4) is 0 Å². The first kappa shape index (κ1) is 13.2. The third-order valence-electron chi connectivity index (χ3n) is 3.59. The van der Waals surface area contributed by atoms with Crippen molar-refractivity contribution in [3.8, 4) is 0 Å². The molecule has 1 aromatic heterocycles. The van der Waals surface area contributed by atoms with E-state index in [1.54, 1.807) is 0 Å². The second-order valence-corrected chi connectivity index (χ2v) is 5.63. The minimum Gasteiger partial charge on any atom is -0.367 e. The Balaban J connectivity index is 1.59. The van der Waals surface area contributed by atoms with Crippen LogP contribution in [-0.4, -0.2) is 18.2 Å². The normalized spacial score (nSPS) is 14.5. The SMILES string of the molecule is Cc1cccc(N(C)Cc2cc(CNC3CC3)no2)c1. The first-order chi connectivity index (χ1) is 9.70. The van der Waals surface area contributed by atoms with Crippen LogP contribution >= 0.6 is 0 Å². The molecule has 1 aromatic carbocycles. The Kier molecular flexibility index (Phi) is 3.74. The Hall–Kier alpha value is -1.81. The molecule has 1 aliphatic carbocycles. The van der Waals surface area contributed by atoms with E-state index in [1.807, 2.05) is 6.07 Å². The average Bonchev–Trinajstić information content (AvgIpc) is 3.16. The van der Waals surface area contributed by atoms with Gasteiger partial charge in [-0.15, -0.1) is 0 Å². The van der Waals surface area contributed by atoms with Crippen LogP contribution in [0.15, 0.2) is 34.9 Å². The van der Waals surface area contributed by atoms with E-state index >= 15 is 0 Å². The summed E-state index contributed by atoms with van der Waals surface area (Å²) in [7, 11) is 2.07. The molecule has 0 radical (unpaired) electrons. The average molecular weight is 271 g/mol. The third-order valence-corrected chi connectivity index (χ3v) is 3.59. The molecule has 2 aromatic rings. The van der Waals surface area contributed by atoms with Crippen LogP contribution in [0.5, 0.6) is 0 Å². The number of rotatable bonds is 6. The van der Waals surface area contributed by atoms with Crippen molar-refractivity contribution in [2.75, 3.05) is 11.9 Å². The first-order valence-electron chi connectivity index (χ1n) is 7.16. The smallest absolute Gasteiger partial charge is 0.156 e. The number of anilines is 1. The van der Waals surface area contributed by atoms with Gasteiger partial charge in [-0.2, -0.15) is 0 Å². The van der Waals surface area contributed by atoms with Gasteiger partial charge in [-0.1, -0.05) is 17.3 Å². The maximum Gasteiger partial charge on any atom is 0.156 e. The van der Waals surface area contributed by atoms with Gasteiger partial charge in [0.05, 0.1) is 12.2 Å². The lowest BCUT2D eigenvalue weighted by Crippen LogP contribution is -2.16. The van der Waals surface area contributed by atoms with Crippen LogP contribution in [-0.2, 0) is 13.1 Å². The molecule has 0 amide bonds. The van der Waals surface area contributed by atoms with E-state index in [-0.39, 0.29) is 0 Å². The van der Waals surface area contributed by atoms with Gasteiger partial charge in [0.15, 0.2) is 5.76 Å². The van der Waals surface area contributed by atoms with Crippen molar-refractivity contribution >= 4 is 5.69 Å². The number of aromatic nitrogens is 1. The molecule has 0 spiro atoms. The number of nitrogens with zero attached hydrogens (tertiary/aromatic N) is 2. The van der Waals surface area contributed by atoms with E-state index in [1.165, 1.54) is 24.1 Å². The maximum absolute atomic E-state index is 5.41. The summed E-state index contributed by atoms with van der Waals surface area (Å²) in [6.45, 7) is 3.65. The number of aryl methyl sites for hydroxylation is 1. The Labute approximate surface area is 119 Å². The fourth-order valence-corrected chi connectivity index (χ4v) is 2.24. The van der Waals surface area contributed by atoms with Crippen LogP contribution in [0.4, 0.5) is 5.69 Å². The van der Waals surface area contributed by atoms with Gasteiger partial charge in [0, 0.05) is 31.4 Å². The molecule has 106 valence electrons. The van der Waals surface area contributed by atoms with Gasteiger partial charge in [0.1, 0.15) is 0 Å². The highest BCUT2D eigenvalue weighted by molar-refractivity contribution is 5.47. The molecule has 0 unspecified atom stereocenters. The summed E-state index contributed by atoms with van der Waals surface area (Å²) in [5, 5.41) is 7.56. The van der Waals surface area contributed by atoms with Crippen molar-refractivity contribution in [3.63, 3.8) is 0 Å². The van der Waals surface area contributed by atoms with E-state index in [4.69, 9.17) is 4.52 Å². The van der Waals surface area contributed by atoms with E-state index in [0.29, 0.717) is 6.04 Å². The predicted molar refractivity (Wildman–Crippen MR) is 79.7 cm³/mol. The highest BCUT2D eigenvalue weighted by Crippen LogP contribution is 2.20. The second-order valence-electron chi connectivity index (χ2n) is 5.63. The fourth-order valence-electron chi connectivity index (χ4n) is 2.24. The highest BCUT2D eigenvalue weighted by atomic mass is 16.5. The van der Waals surface area contributed by atoms with E-state index in [2.05, 4.69) is 53.6 Å². The Morgan fingerprint density at radius 1 is 1.35 bits per heavy atom. The van der Waals surface area contributed by atoms with E-state index < -0.39 is 0 Å². The van der Waals surface area contributed by atoms with Crippen molar-refractivity contribution in [3.05, 3.63) is 47.3 Å². The summed E-state index contributed by atoms with van der Waals surface area (Å²) in [4.78, 5) is 2.17. The lowest BCUT2D eigenvalue weighted by atomic mass is 10.2. The summed E-state index contributed by atoms with van der Waals surface area (Å²) < 4.78 is 5.41. The minimum atomic E-state index is 0.699. The second kappa shape index (κ2) is 5.67. The molecular weight excluding hydrogens is 250 g/mol. The van der Waals surface area contributed by atoms with E-state index in [9.17, 15) is 0 Å². The van der Waals surface area contributed by atoms with Crippen molar-refractivity contribution in [2.45, 2.75) is 38.9 Å². The quantitative estimate of drug-likeness (QED) is 0.877. The molecule has 20 heavy (non-hydrogen) atoms. The number of benzene rings is 1. The number of hydrogen-bond donors (Lipinski definition) is 1. The summed E-state index contributed by atoms with van der Waals surface area (Å²) in [5.41, 5.74) is 3.45. The van der Waals surface area contributed by atoms with Crippen LogP contribution in [0, 0.1) is 6.92 Å². The molecule has 4 nitrogen and oxygen atoms in total. The summed E-state index contributed by atoms with van der Waals surface area (Å²) >= 11 is 0.